The van der Waals surface area contributed by atoms with Gasteiger partial charge in [0.2, 0.25) is 0 Å². The van der Waals surface area contributed by atoms with Gasteiger partial charge in [0, 0.05) is 11.4 Å². The van der Waals surface area contributed by atoms with Gasteiger partial charge < -0.3 is 10.6 Å². The fourth-order valence-corrected chi connectivity index (χ4v) is 1.76. The number of anilines is 1. The SMILES string of the molecule is S=C(NC1=CCCC=C1)Nc1ccccc1. The Labute approximate surface area is 101 Å². The quantitative estimate of drug-likeness (QED) is 0.763. The van der Waals surface area contributed by atoms with Crippen LogP contribution < -0.4 is 10.6 Å². The average molecular weight is 230 g/mol. The largest absolute Gasteiger partial charge is 0.333 e. The topological polar surface area (TPSA) is 24.1 Å². The minimum atomic E-state index is 0.629. The molecule has 1 aliphatic rings. The summed E-state index contributed by atoms with van der Waals surface area (Å²) in [6.45, 7) is 0. The van der Waals surface area contributed by atoms with Crippen LogP contribution in [0.4, 0.5) is 5.69 Å². The first-order chi connectivity index (χ1) is 7.84. The van der Waals surface area contributed by atoms with Crippen LogP contribution in [0.25, 0.3) is 0 Å². The van der Waals surface area contributed by atoms with Crippen molar-refractivity contribution < 1.29 is 0 Å². The van der Waals surface area contributed by atoms with Crippen LogP contribution in [0.3, 0.4) is 0 Å². The lowest BCUT2D eigenvalue weighted by atomic mass is 10.1. The highest BCUT2D eigenvalue weighted by Crippen LogP contribution is 2.08. The van der Waals surface area contributed by atoms with E-state index in [0.29, 0.717) is 5.11 Å². The lowest BCUT2D eigenvalue weighted by Gasteiger charge is -2.12. The Kier molecular flexibility index (Phi) is 3.72. The second-order valence-corrected chi connectivity index (χ2v) is 3.99. The van der Waals surface area contributed by atoms with E-state index < -0.39 is 0 Å². The van der Waals surface area contributed by atoms with E-state index in [1.165, 1.54) is 0 Å². The van der Waals surface area contributed by atoms with E-state index in [9.17, 15) is 0 Å². The van der Waals surface area contributed by atoms with Crippen LogP contribution in [0.1, 0.15) is 12.8 Å². The van der Waals surface area contributed by atoms with E-state index in [0.717, 1.165) is 24.2 Å². The van der Waals surface area contributed by atoms with Gasteiger partial charge >= 0.3 is 0 Å². The molecule has 0 atom stereocenters. The molecular formula is C13H14N2S. The molecule has 0 bridgehead atoms. The van der Waals surface area contributed by atoms with Gasteiger partial charge in [-0.15, -0.1) is 0 Å². The number of rotatable bonds is 2. The Morgan fingerprint density at radius 3 is 2.56 bits per heavy atom. The van der Waals surface area contributed by atoms with Crippen molar-refractivity contribution in [2.45, 2.75) is 12.8 Å². The molecule has 16 heavy (non-hydrogen) atoms. The third-order valence-electron chi connectivity index (χ3n) is 2.28. The lowest BCUT2D eigenvalue weighted by molar-refractivity contribution is 0.987. The van der Waals surface area contributed by atoms with E-state index in [1.807, 2.05) is 30.3 Å². The van der Waals surface area contributed by atoms with Crippen molar-refractivity contribution in [1.82, 2.24) is 5.32 Å². The van der Waals surface area contributed by atoms with Crippen molar-refractivity contribution in [3.05, 3.63) is 54.3 Å². The Balaban J connectivity index is 1.89. The summed E-state index contributed by atoms with van der Waals surface area (Å²) in [6, 6.07) is 9.90. The van der Waals surface area contributed by atoms with Gasteiger partial charge in [0.05, 0.1) is 0 Å². The average Bonchev–Trinajstić information content (AvgIpc) is 2.31. The Morgan fingerprint density at radius 1 is 1.06 bits per heavy atom. The molecule has 1 aromatic rings. The molecule has 82 valence electrons. The van der Waals surface area contributed by atoms with E-state index in [1.54, 1.807) is 0 Å². The number of thiocarbonyl (C=S) groups is 1. The molecule has 0 fully saturated rings. The molecule has 0 radical (unpaired) electrons. The van der Waals surface area contributed by atoms with Gasteiger partial charge in [0.15, 0.2) is 5.11 Å². The third-order valence-corrected chi connectivity index (χ3v) is 2.49. The molecule has 0 aromatic heterocycles. The second kappa shape index (κ2) is 5.47. The zero-order valence-corrected chi connectivity index (χ0v) is 9.76. The summed E-state index contributed by atoms with van der Waals surface area (Å²) in [5, 5.41) is 6.93. The molecule has 0 saturated carbocycles. The summed E-state index contributed by atoms with van der Waals surface area (Å²) in [4.78, 5) is 0. The minimum absolute atomic E-state index is 0.629. The van der Waals surface area contributed by atoms with Crippen LogP contribution in [0.5, 0.6) is 0 Å². The number of benzene rings is 1. The first-order valence-corrected chi connectivity index (χ1v) is 5.75. The van der Waals surface area contributed by atoms with E-state index >= 15 is 0 Å². The van der Waals surface area contributed by atoms with Crippen LogP contribution >= 0.6 is 12.2 Å². The molecule has 2 rings (SSSR count). The van der Waals surface area contributed by atoms with Crippen LogP contribution in [0.15, 0.2) is 54.3 Å². The first-order valence-electron chi connectivity index (χ1n) is 5.34. The third kappa shape index (κ3) is 3.21. The summed E-state index contributed by atoms with van der Waals surface area (Å²) in [5.41, 5.74) is 2.07. The summed E-state index contributed by atoms with van der Waals surface area (Å²) in [5.74, 6) is 0. The maximum Gasteiger partial charge on any atom is 0.175 e. The summed E-state index contributed by atoms with van der Waals surface area (Å²) in [7, 11) is 0. The van der Waals surface area contributed by atoms with Gasteiger partial charge in [-0.2, -0.15) is 0 Å². The van der Waals surface area contributed by atoms with Crippen LogP contribution in [-0.4, -0.2) is 5.11 Å². The molecule has 0 amide bonds. The first kappa shape index (κ1) is 10.9. The standard InChI is InChI=1S/C13H14N2S/c16-13(14-11-7-3-1-4-8-11)15-12-9-5-2-6-10-12/h1,3-5,7-10H,2,6H2,(H2,14,15,16). The Morgan fingerprint density at radius 2 is 1.88 bits per heavy atom. The highest BCUT2D eigenvalue weighted by Gasteiger charge is 2.00. The molecular weight excluding hydrogens is 216 g/mol. The van der Waals surface area contributed by atoms with Gasteiger partial charge in [-0.1, -0.05) is 30.4 Å². The predicted molar refractivity (Wildman–Crippen MR) is 72.3 cm³/mol. The smallest absolute Gasteiger partial charge is 0.175 e. The maximum atomic E-state index is 5.22. The van der Waals surface area contributed by atoms with Gasteiger partial charge in [0.1, 0.15) is 0 Å². The van der Waals surface area contributed by atoms with Crippen molar-refractivity contribution in [2.24, 2.45) is 0 Å². The highest BCUT2D eigenvalue weighted by molar-refractivity contribution is 7.80. The molecule has 0 heterocycles. The van der Waals surface area contributed by atoms with Crippen molar-refractivity contribution >= 4 is 23.0 Å². The second-order valence-electron chi connectivity index (χ2n) is 3.58. The Bertz CT molecular complexity index is 421. The molecule has 0 aliphatic heterocycles. The van der Waals surface area contributed by atoms with Gasteiger partial charge in [-0.25, -0.2) is 0 Å². The zero-order chi connectivity index (χ0) is 11.2. The molecule has 3 heteroatoms. The van der Waals surface area contributed by atoms with Crippen LogP contribution in [0, 0.1) is 0 Å². The molecule has 1 aliphatic carbocycles. The molecule has 0 spiro atoms. The highest BCUT2D eigenvalue weighted by atomic mass is 32.1. The molecule has 0 saturated heterocycles. The molecule has 2 nitrogen and oxygen atoms in total. The Hall–Kier alpha value is -1.61. The number of para-hydroxylation sites is 1. The summed E-state index contributed by atoms with van der Waals surface area (Å²) in [6.07, 6.45) is 8.55. The predicted octanol–water partition coefficient (Wildman–Crippen LogP) is 3.21. The van der Waals surface area contributed by atoms with Crippen LogP contribution in [0.2, 0.25) is 0 Å². The van der Waals surface area contributed by atoms with Crippen molar-refractivity contribution in [3.8, 4) is 0 Å². The zero-order valence-electron chi connectivity index (χ0n) is 8.94. The number of nitrogens with one attached hydrogen (secondary N) is 2. The fourth-order valence-electron chi connectivity index (χ4n) is 1.52. The molecule has 0 unspecified atom stereocenters. The molecule has 1 aromatic carbocycles. The van der Waals surface area contributed by atoms with Gasteiger partial charge in [-0.05, 0) is 43.3 Å². The lowest BCUT2D eigenvalue weighted by Crippen LogP contribution is -2.27. The van der Waals surface area contributed by atoms with E-state index in [4.69, 9.17) is 12.2 Å². The normalized spacial score (nSPS) is 14.1. The molecule has 2 N–H and O–H groups in total. The van der Waals surface area contributed by atoms with E-state index in [-0.39, 0.29) is 0 Å². The number of hydrogen-bond acceptors (Lipinski definition) is 1. The summed E-state index contributed by atoms with van der Waals surface area (Å²) < 4.78 is 0. The summed E-state index contributed by atoms with van der Waals surface area (Å²) >= 11 is 5.22. The van der Waals surface area contributed by atoms with Crippen LogP contribution in [-0.2, 0) is 0 Å². The maximum absolute atomic E-state index is 5.22. The monoisotopic (exact) mass is 230 g/mol. The fraction of sp³-hybridized carbons (Fsp3) is 0.154. The number of hydrogen-bond donors (Lipinski definition) is 2. The number of allylic oxidation sites excluding steroid dienone is 3. The minimum Gasteiger partial charge on any atom is -0.333 e. The van der Waals surface area contributed by atoms with E-state index in [2.05, 4.69) is 28.9 Å². The van der Waals surface area contributed by atoms with Gasteiger partial charge in [0.25, 0.3) is 0 Å². The van der Waals surface area contributed by atoms with Gasteiger partial charge in [-0.3, -0.25) is 0 Å². The van der Waals surface area contributed by atoms with Crippen molar-refractivity contribution in [2.75, 3.05) is 5.32 Å². The van der Waals surface area contributed by atoms with Crippen molar-refractivity contribution in [1.29, 1.82) is 0 Å². The van der Waals surface area contributed by atoms with Crippen molar-refractivity contribution in [3.63, 3.8) is 0 Å².